The highest BCUT2D eigenvalue weighted by atomic mass is 16.2. The van der Waals surface area contributed by atoms with Gasteiger partial charge in [-0.1, -0.05) is 18.7 Å². The molecule has 0 unspecified atom stereocenters. The third kappa shape index (κ3) is 1.13. The number of rotatable bonds is 0. The van der Waals surface area contributed by atoms with Crippen molar-refractivity contribution in [1.29, 1.82) is 0 Å². The molecule has 1 amide bonds. The van der Waals surface area contributed by atoms with E-state index in [1.165, 1.54) is 0 Å². The summed E-state index contributed by atoms with van der Waals surface area (Å²) in [6.07, 6.45) is 7.35. The van der Waals surface area contributed by atoms with Crippen molar-refractivity contribution in [2.24, 2.45) is 0 Å². The first kappa shape index (κ1) is 8.30. The molecule has 2 heteroatoms. The van der Waals surface area contributed by atoms with Crippen LogP contribution < -0.4 is 0 Å². The van der Waals surface area contributed by atoms with Gasteiger partial charge in [0.2, 0.25) is 0 Å². The predicted octanol–water partition coefficient (Wildman–Crippen LogP) is 2.01. The summed E-state index contributed by atoms with van der Waals surface area (Å²) in [5.41, 5.74) is 2.74. The van der Waals surface area contributed by atoms with Crippen LogP contribution in [-0.4, -0.2) is 17.9 Å². The van der Waals surface area contributed by atoms with Crippen LogP contribution in [0.25, 0.3) is 0 Å². The highest BCUT2D eigenvalue weighted by Crippen LogP contribution is 2.33. The summed E-state index contributed by atoms with van der Waals surface area (Å²) in [5, 5.41) is 0. The molecular formula is C11H13NO. The van der Waals surface area contributed by atoms with Crippen molar-refractivity contribution in [2.75, 3.05) is 7.05 Å². The molecule has 0 bridgehead atoms. The minimum atomic E-state index is 0.0955. The molecule has 13 heavy (non-hydrogen) atoms. The zero-order valence-corrected chi connectivity index (χ0v) is 7.84. The van der Waals surface area contributed by atoms with E-state index in [1.54, 1.807) is 11.9 Å². The topological polar surface area (TPSA) is 20.3 Å². The number of carbonyl (C=O) groups is 1. The molecule has 0 aromatic carbocycles. The smallest absolute Gasteiger partial charge is 0.258 e. The maximum Gasteiger partial charge on any atom is 0.258 e. The first-order valence-electron chi connectivity index (χ1n) is 4.60. The van der Waals surface area contributed by atoms with Gasteiger partial charge in [0.15, 0.2) is 0 Å². The van der Waals surface area contributed by atoms with Gasteiger partial charge in [-0.3, -0.25) is 4.79 Å². The van der Waals surface area contributed by atoms with Gasteiger partial charge >= 0.3 is 0 Å². The number of carbonyl (C=O) groups excluding carboxylic acids is 1. The summed E-state index contributed by atoms with van der Waals surface area (Å²) in [5.74, 6) is 0.0955. The summed E-state index contributed by atoms with van der Waals surface area (Å²) in [7, 11) is 1.78. The van der Waals surface area contributed by atoms with Crippen LogP contribution in [0.3, 0.4) is 0 Å². The number of likely N-dealkylation sites (N-methyl/N-ethyl adjacent to an activating group) is 1. The average Bonchev–Trinajstić information content (AvgIpc) is 2.40. The van der Waals surface area contributed by atoms with E-state index >= 15 is 0 Å². The second-order valence-corrected chi connectivity index (χ2v) is 3.48. The lowest BCUT2D eigenvalue weighted by Gasteiger charge is -2.07. The molecular weight excluding hydrogens is 162 g/mol. The van der Waals surface area contributed by atoms with E-state index in [0.29, 0.717) is 0 Å². The van der Waals surface area contributed by atoms with E-state index < -0.39 is 0 Å². The summed E-state index contributed by atoms with van der Waals surface area (Å²) >= 11 is 0. The summed E-state index contributed by atoms with van der Waals surface area (Å²) in [4.78, 5) is 13.3. The van der Waals surface area contributed by atoms with Crippen LogP contribution in [-0.2, 0) is 4.79 Å². The van der Waals surface area contributed by atoms with Gasteiger partial charge in [-0.2, -0.15) is 0 Å². The van der Waals surface area contributed by atoms with Crippen molar-refractivity contribution < 1.29 is 4.79 Å². The van der Waals surface area contributed by atoms with Gasteiger partial charge < -0.3 is 4.90 Å². The lowest BCUT2D eigenvalue weighted by Crippen LogP contribution is -2.17. The van der Waals surface area contributed by atoms with Crippen molar-refractivity contribution in [3.8, 4) is 0 Å². The largest absolute Gasteiger partial charge is 0.311 e. The molecule has 0 atom stereocenters. The normalized spacial score (nSPS) is 22.4. The minimum Gasteiger partial charge on any atom is -0.311 e. The van der Waals surface area contributed by atoms with Gasteiger partial charge in [0, 0.05) is 23.9 Å². The Hall–Kier alpha value is -1.31. The van der Waals surface area contributed by atoms with Crippen LogP contribution >= 0.6 is 0 Å². The maximum absolute atomic E-state index is 11.7. The molecule has 1 heterocycles. The zero-order chi connectivity index (χ0) is 9.42. The number of amides is 1. The van der Waals surface area contributed by atoms with Crippen molar-refractivity contribution in [2.45, 2.75) is 19.3 Å². The number of hydrogen-bond donors (Lipinski definition) is 0. The Labute approximate surface area is 78.2 Å². The van der Waals surface area contributed by atoms with Crippen LogP contribution in [0.5, 0.6) is 0 Å². The first-order valence-corrected chi connectivity index (χ1v) is 4.60. The average molecular weight is 175 g/mol. The number of hydrogen-bond acceptors (Lipinski definition) is 1. The van der Waals surface area contributed by atoms with Gasteiger partial charge in [0.25, 0.3) is 5.91 Å². The van der Waals surface area contributed by atoms with Crippen molar-refractivity contribution in [1.82, 2.24) is 4.90 Å². The standard InChI is InChI=1S/C11H13NO/c1-8-9-6-4-3-5-7-10(9)11(13)12(8)2/h6-7H,1,3-5H2,2H3. The van der Waals surface area contributed by atoms with Crippen LogP contribution in [0, 0.1) is 0 Å². The van der Waals surface area contributed by atoms with Crippen LogP contribution in [0.4, 0.5) is 0 Å². The molecule has 1 saturated heterocycles. The van der Waals surface area contributed by atoms with Gasteiger partial charge in [-0.25, -0.2) is 0 Å². The van der Waals surface area contributed by atoms with E-state index in [9.17, 15) is 4.79 Å². The minimum absolute atomic E-state index is 0.0955. The highest BCUT2D eigenvalue weighted by Gasteiger charge is 2.31. The molecule has 2 rings (SSSR count). The number of allylic oxidation sites excluding steroid dienone is 3. The lowest BCUT2D eigenvalue weighted by atomic mass is 10.1. The van der Waals surface area contributed by atoms with E-state index in [1.807, 2.05) is 6.08 Å². The zero-order valence-electron chi connectivity index (χ0n) is 7.84. The molecule has 0 N–H and O–H groups in total. The fraction of sp³-hybridized carbons (Fsp3) is 0.364. The van der Waals surface area contributed by atoms with Crippen molar-refractivity contribution in [3.63, 3.8) is 0 Å². The lowest BCUT2D eigenvalue weighted by molar-refractivity contribution is -0.122. The number of fused-ring (bicyclic) bond motifs is 1. The maximum atomic E-state index is 11.7. The second kappa shape index (κ2) is 2.87. The molecule has 1 aliphatic heterocycles. The monoisotopic (exact) mass is 175 g/mol. The summed E-state index contributed by atoms with van der Waals surface area (Å²) in [6, 6.07) is 0. The predicted molar refractivity (Wildman–Crippen MR) is 51.9 cm³/mol. The van der Waals surface area contributed by atoms with E-state index in [-0.39, 0.29) is 5.91 Å². The molecule has 2 nitrogen and oxygen atoms in total. The number of likely N-dealkylation sites (tertiary alicyclic amines) is 1. The number of nitrogens with zero attached hydrogens (tertiary/aromatic N) is 1. The molecule has 68 valence electrons. The van der Waals surface area contributed by atoms with Crippen molar-refractivity contribution >= 4 is 5.91 Å². The highest BCUT2D eigenvalue weighted by molar-refractivity contribution is 6.04. The molecule has 1 fully saturated rings. The van der Waals surface area contributed by atoms with Crippen LogP contribution in [0.15, 0.2) is 35.6 Å². The quantitative estimate of drug-likeness (QED) is 0.551. The summed E-state index contributed by atoms with van der Waals surface area (Å²) < 4.78 is 0. The van der Waals surface area contributed by atoms with Gasteiger partial charge in [-0.05, 0) is 19.3 Å². The van der Waals surface area contributed by atoms with Gasteiger partial charge in [0.05, 0.1) is 0 Å². The summed E-state index contributed by atoms with van der Waals surface area (Å²) in [6.45, 7) is 3.91. The fourth-order valence-corrected chi connectivity index (χ4v) is 1.79. The van der Waals surface area contributed by atoms with Crippen LogP contribution in [0.2, 0.25) is 0 Å². The molecule has 0 aromatic rings. The fourth-order valence-electron chi connectivity index (χ4n) is 1.79. The Morgan fingerprint density at radius 2 is 1.92 bits per heavy atom. The first-order chi connectivity index (χ1) is 6.22. The SMILES string of the molecule is C=C1C2=CCCCC=C2C(=O)N1C. The molecule has 0 spiro atoms. The Morgan fingerprint density at radius 1 is 1.31 bits per heavy atom. The van der Waals surface area contributed by atoms with E-state index in [0.717, 1.165) is 36.1 Å². The van der Waals surface area contributed by atoms with Gasteiger partial charge in [0.1, 0.15) is 0 Å². The van der Waals surface area contributed by atoms with Crippen molar-refractivity contribution in [3.05, 3.63) is 35.6 Å². The molecule has 0 aromatic heterocycles. The van der Waals surface area contributed by atoms with E-state index in [2.05, 4.69) is 12.7 Å². The molecule has 0 radical (unpaired) electrons. The second-order valence-electron chi connectivity index (χ2n) is 3.48. The Bertz CT molecular complexity index is 304. The molecule has 0 saturated carbocycles. The Balaban J connectivity index is 2.49. The van der Waals surface area contributed by atoms with Crippen LogP contribution in [0.1, 0.15) is 19.3 Å². The Kier molecular flexibility index (Phi) is 1.83. The Morgan fingerprint density at radius 3 is 2.62 bits per heavy atom. The third-order valence-electron chi connectivity index (χ3n) is 2.65. The third-order valence-corrected chi connectivity index (χ3v) is 2.65. The molecule has 2 aliphatic rings. The van der Waals surface area contributed by atoms with Gasteiger partial charge in [-0.15, -0.1) is 0 Å². The van der Waals surface area contributed by atoms with E-state index in [4.69, 9.17) is 0 Å². The molecule has 1 aliphatic carbocycles.